The van der Waals surface area contributed by atoms with Crippen molar-refractivity contribution >= 4 is 38.9 Å². The van der Waals surface area contributed by atoms with Gasteiger partial charge in [0.25, 0.3) is 0 Å². The van der Waals surface area contributed by atoms with Crippen LogP contribution in [0.5, 0.6) is 0 Å². The smallest absolute Gasteiger partial charge is 0.168 e. The Labute approximate surface area is 107 Å². The average Bonchev–Trinajstić information content (AvgIpc) is 2.35. The van der Waals surface area contributed by atoms with Crippen LogP contribution in [0.4, 0.5) is 23.0 Å². The van der Waals surface area contributed by atoms with E-state index in [0.29, 0.717) is 17.3 Å². The maximum atomic E-state index is 5.83. The van der Waals surface area contributed by atoms with Gasteiger partial charge in [-0.15, -0.1) is 0 Å². The van der Waals surface area contributed by atoms with Crippen LogP contribution in [0.1, 0.15) is 0 Å². The predicted molar refractivity (Wildman–Crippen MR) is 71.7 cm³/mol. The molecule has 0 fully saturated rings. The molecule has 2 rings (SSSR count). The lowest BCUT2D eigenvalue weighted by Crippen LogP contribution is -2.12. The van der Waals surface area contributed by atoms with Gasteiger partial charge in [-0.3, -0.25) is 0 Å². The molecule has 88 valence electrons. The van der Waals surface area contributed by atoms with E-state index in [2.05, 4.69) is 36.6 Å². The number of nitrogens with one attached hydrogen (secondary N) is 2. The summed E-state index contributed by atoms with van der Waals surface area (Å²) in [6.45, 7) is 0. The van der Waals surface area contributed by atoms with Crippen LogP contribution in [0.3, 0.4) is 0 Å². The third-order valence-corrected chi connectivity index (χ3v) is 2.66. The lowest BCUT2D eigenvalue weighted by Gasteiger charge is -2.10. The fourth-order valence-electron chi connectivity index (χ4n) is 1.28. The van der Waals surface area contributed by atoms with Crippen molar-refractivity contribution in [1.82, 2.24) is 9.97 Å². The Morgan fingerprint density at radius 2 is 1.71 bits per heavy atom. The minimum atomic E-state index is 0.373. The maximum absolute atomic E-state index is 5.83. The number of hydrazine groups is 1. The number of hydrogen-bond donors (Lipinski definition) is 4. The van der Waals surface area contributed by atoms with Crippen molar-refractivity contribution < 1.29 is 0 Å². The number of nitrogens with zero attached hydrogens (tertiary/aromatic N) is 2. The highest BCUT2D eigenvalue weighted by Crippen LogP contribution is 2.25. The second kappa shape index (κ2) is 4.98. The van der Waals surface area contributed by atoms with Crippen molar-refractivity contribution in [3.8, 4) is 0 Å². The minimum Gasteiger partial charge on any atom is -0.393 e. The van der Waals surface area contributed by atoms with E-state index in [1.165, 1.54) is 6.33 Å². The highest BCUT2D eigenvalue weighted by Gasteiger charge is 2.06. The van der Waals surface area contributed by atoms with Gasteiger partial charge in [-0.05, 0) is 24.3 Å². The van der Waals surface area contributed by atoms with Gasteiger partial charge < -0.3 is 16.5 Å². The number of anilines is 4. The largest absolute Gasteiger partial charge is 0.393 e. The van der Waals surface area contributed by atoms with E-state index in [0.717, 1.165) is 10.2 Å². The summed E-state index contributed by atoms with van der Waals surface area (Å²) < 4.78 is 1.00. The van der Waals surface area contributed by atoms with Crippen LogP contribution in [0.25, 0.3) is 0 Å². The molecule has 1 heterocycles. The number of benzene rings is 1. The van der Waals surface area contributed by atoms with E-state index in [9.17, 15) is 0 Å². The lowest BCUT2D eigenvalue weighted by atomic mass is 10.3. The zero-order valence-electron chi connectivity index (χ0n) is 8.81. The maximum Gasteiger partial charge on any atom is 0.168 e. The Morgan fingerprint density at radius 1 is 1.06 bits per heavy atom. The minimum absolute atomic E-state index is 0.373. The van der Waals surface area contributed by atoms with Crippen molar-refractivity contribution in [3.63, 3.8) is 0 Å². The fourth-order valence-corrected chi connectivity index (χ4v) is 1.54. The second-order valence-electron chi connectivity index (χ2n) is 3.26. The first-order chi connectivity index (χ1) is 8.20. The van der Waals surface area contributed by atoms with Gasteiger partial charge in [-0.2, -0.15) is 0 Å². The highest BCUT2D eigenvalue weighted by molar-refractivity contribution is 9.10. The summed E-state index contributed by atoms with van der Waals surface area (Å²) in [6, 6.07) is 7.64. The molecule has 7 heteroatoms. The summed E-state index contributed by atoms with van der Waals surface area (Å²) in [6.07, 6.45) is 1.38. The molecule has 0 amide bonds. The Kier molecular flexibility index (Phi) is 3.40. The van der Waals surface area contributed by atoms with E-state index in [4.69, 9.17) is 11.6 Å². The first-order valence-corrected chi connectivity index (χ1v) is 5.59. The molecule has 0 unspecified atom stereocenters. The third kappa shape index (κ3) is 2.63. The zero-order chi connectivity index (χ0) is 12.3. The molecular formula is C10H11BrN6. The molecule has 1 aromatic heterocycles. The van der Waals surface area contributed by atoms with E-state index in [-0.39, 0.29) is 0 Å². The molecule has 0 radical (unpaired) electrons. The average molecular weight is 295 g/mol. The quantitative estimate of drug-likeness (QED) is 0.509. The van der Waals surface area contributed by atoms with E-state index >= 15 is 0 Å². The molecule has 1 aromatic carbocycles. The molecule has 0 atom stereocenters. The summed E-state index contributed by atoms with van der Waals surface area (Å²) in [4.78, 5) is 7.94. The Balaban J connectivity index is 2.27. The lowest BCUT2D eigenvalue weighted by molar-refractivity contribution is 1.14. The molecule has 0 saturated carbocycles. The molecule has 0 aliphatic heterocycles. The monoisotopic (exact) mass is 294 g/mol. The topological polar surface area (TPSA) is 102 Å². The van der Waals surface area contributed by atoms with E-state index in [1.807, 2.05) is 24.3 Å². The SMILES string of the molecule is NNc1ncnc(Nc2ccc(Br)cc2)c1N. The summed E-state index contributed by atoms with van der Waals surface area (Å²) in [5, 5.41) is 3.08. The molecule has 0 aliphatic rings. The molecule has 6 N–H and O–H groups in total. The third-order valence-electron chi connectivity index (χ3n) is 2.13. The molecule has 17 heavy (non-hydrogen) atoms. The number of hydrogen-bond acceptors (Lipinski definition) is 6. The summed E-state index contributed by atoms with van der Waals surface area (Å²) in [5.74, 6) is 6.18. The van der Waals surface area contributed by atoms with Crippen molar-refractivity contribution in [2.24, 2.45) is 5.84 Å². The van der Waals surface area contributed by atoms with E-state index in [1.54, 1.807) is 0 Å². The van der Waals surface area contributed by atoms with Crippen LogP contribution in [-0.4, -0.2) is 9.97 Å². The van der Waals surface area contributed by atoms with Gasteiger partial charge in [0, 0.05) is 10.2 Å². The van der Waals surface area contributed by atoms with Gasteiger partial charge in [-0.1, -0.05) is 15.9 Å². The molecule has 0 bridgehead atoms. The fraction of sp³-hybridized carbons (Fsp3) is 0. The van der Waals surface area contributed by atoms with Crippen molar-refractivity contribution in [3.05, 3.63) is 35.1 Å². The molecular weight excluding hydrogens is 284 g/mol. The van der Waals surface area contributed by atoms with Crippen molar-refractivity contribution in [2.45, 2.75) is 0 Å². The number of aromatic nitrogens is 2. The molecule has 6 nitrogen and oxygen atoms in total. The number of nitrogens with two attached hydrogens (primary N) is 2. The predicted octanol–water partition coefficient (Wildman–Crippen LogP) is 1.85. The standard InChI is InChI=1S/C10H11BrN6/c11-6-1-3-7(4-2-6)16-9-8(12)10(17-13)15-5-14-9/h1-5H,12-13H2,(H2,14,15,16,17). The van der Waals surface area contributed by atoms with E-state index < -0.39 is 0 Å². The van der Waals surface area contributed by atoms with Crippen LogP contribution in [0.2, 0.25) is 0 Å². The van der Waals surface area contributed by atoms with Gasteiger partial charge in [0.1, 0.15) is 12.0 Å². The Bertz CT molecular complexity index is 513. The first-order valence-electron chi connectivity index (χ1n) is 4.80. The van der Waals surface area contributed by atoms with Gasteiger partial charge >= 0.3 is 0 Å². The molecule has 0 aliphatic carbocycles. The van der Waals surface area contributed by atoms with Gasteiger partial charge in [0.05, 0.1) is 0 Å². The summed E-state index contributed by atoms with van der Waals surface area (Å²) >= 11 is 3.36. The first kappa shape index (κ1) is 11.6. The van der Waals surface area contributed by atoms with Crippen LogP contribution in [0, 0.1) is 0 Å². The van der Waals surface area contributed by atoms with Crippen LogP contribution < -0.4 is 22.3 Å². The molecule has 2 aromatic rings. The van der Waals surface area contributed by atoms with Crippen molar-refractivity contribution in [1.29, 1.82) is 0 Å². The van der Waals surface area contributed by atoms with Crippen LogP contribution in [0.15, 0.2) is 35.1 Å². The normalized spacial score (nSPS) is 10.0. The summed E-state index contributed by atoms with van der Waals surface area (Å²) in [5.41, 5.74) is 9.49. The number of rotatable bonds is 3. The second-order valence-corrected chi connectivity index (χ2v) is 4.18. The Morgan fingerprint density at radius 3 is 2.35 bits per heavy atom. The van der Waals surface area contributed by atoms with Crippen LogP contribution >= 0.6 is 15.9 Å². The number of halogens is 1. The molecule has 0 saturated heterocycles. The highest BCUT2D eigenvalue weighted by atomic mass is 79.9. The Hall–Kier alpha value is -1.86. The van der Waals surface area contributed by atoms with Crippen molar-refractivity contribution in [2.75, 3.05) is 16.5 Å². The summed E-state index contributed by atoms with van der Waals surface area (Å²) in [7, 11) is 0. The number of nitrogen functional groups attached to an aromatic ring is 2. The van der Waals surface area contributed by atoms with Crippen LogP contribution in [-0.2, 0) is 0 Å². The zero-order valence-corrected chi connectivity index (χ0v) is 10.4. The van der Waals surface area contributed by atoms with Gasteiger partial charge in [0.2, 0.25) is 0 Å². The molecule has 0 spiro atoms. The van der Waals surface area contributed by atoms with Gasteiger partial charge in [-0.25, -0.2) is 15.8 Å². The van der Waals surface area contributed by atoms with Gasteiger partial charge in [0.15, 0.2) is 11.6 Å².